The third kappa shape index (κ3) is 5.47. The van der Waals surface area contributed by atoms with Crippen LogP contribution in [-0.4, -0.2) is 44.1 Å². The van der Waals surface area contributed by atoms with Crippen molar-refractivity contribution >= 4 is 33.3 Å². The smallest absolute Gasteiger partial charge is 0.240 e. The van der Waals surface area contributed by atoms with Crippen molar-refractivity contribution < 1.29 is 18.0 Å². The van der Waals surface area contributed by atoms with Gasteiger partial charge in [-0.2, -0.15) is 0 Å². The molecule has 1 aliphatic heterocycles. The van der Waals surface area contributed by atoms with Gasteiger partial charge in [-0.25, -0.2) is 13.1 Å². The number of sulfonamides is 1. The van der Waals surface area contributed by atoms with Gasteiger partial charge in [0.15, 0.2) is 5.78 Å². The van der Waals surface area contributed by atoms with E-state index >= 15 is 0 Å². The number of ketones is 1. The Kier molecular flexibility index (Phi) is 7.28. The van der Waals surface area contributed by atoms with Gasteiger partial charge in [-0.1, -0.05) is 41.9 Å². The molecule has 1 heterocycles. The third-order valence-corrected chi connectivity index (χ3v) is 7.12. The van der Waals surface area contributed by atoms with E-state index in [1.54, 1.807) is 6.07 Å². The molecule has 1 atom stereocenters. The molecule has 6 nitrogen and oxygen atoms in total. The maximum atomic E-state index is 12.7. The molecule has 3 rings (SSSR count). The minimum Gasteiger partial charge on any atom is -0.339 e. The molecule has 2 aromatic rings. The number of carbonyl (C=O) groups is 2. The molecule has 0 bridgehead atoms. The SMILES string of the molecule is CC(=O)c1cccc(S(=O)(=O)NCCC(=O)N2CCCC2Cc2ccccc2Cl)c1. The fourth-order valence-corrected chi connectivity index (χ4v) is 4.99. The van der Waals surface area contributed by atoms with Crippen LogP contribution in [0.5, 0.6) is 0 Å². The standard InChI is InChI=1S/C22H25ClN2O4S/c1-16(26)17-7-4-9-20(15-17)30(28,29)24-12-11-22(27)25-13-5-8-19(25)14-18-6-2-3-10-21(18)23/h2-4,6-7,9-10,15,19,24H,5,8,11-14H2,1H3. The van der Waals surface area contributed by atoms with Crippen molar-refractivity contribution in [3.63, 3.8) is 0 Å². The van der Waals surface area contributed by atoms with Crippen LogP contribution in [-0.2, 0) is 21.2 Å². The molecule has 1 aliphatic rings. The minimum absolute atomic E-state index is 0.000773. The summed E-state index contributed by atoms with van der Waals surface area (Å²) in [6.45, 7) is 2.05. The van der Waals surface area contributed by atoms with E-state index in [9.17, 15) is 18.0 Å². The molecule has 160 valence electrons. The van der Waals surface area contributed by atoms with Crippen molar-refractivity contribution in [2.24, 2.45) is 0 Å². The number of hydrogen-bond donors (Lipinski definition) is 1. The van der Waals surface area contributed by atoms with Gasteiger partial charge in [-0.3, -0.25) is 9.59 Å². The summed E-state index contributed by atoms with van der Waals surface area (Å²) < 4.78 is 27.4. The zero-order valence-corrected chi connectivity index (χ0v) is 18.4. The summed E-state index contributed by atoms with van der Waals surface area (Å²) in [6, 6.07) is 13.5. The molecule has 1 saturated heterocycles. The number of hydrogen-bond acceptors (Lipinski definition) is 4. The summed E-state index contributed by atoms with van der Waals surface area (Å²) in [5, 5.41) is 0.692. The zero-order valence-electron chi connectivity index (χ0n) is 16.8. The Bertz CT molecular complexity index is 1040. The fraction of sp³-hybridized carbons (Fsp3) is 0.364. The van der Waals surface area contributed by atoms with Crippen LogP contribution in [0.2, 0.25) is 5.02 Å². The molecule has 0 radical (unpaired) electrons. The van der Waals surface area contributed by atoms with Gasteiger partial charge in [0.1, 0.15) is 0 Å². The first-order valence-electron chi connectivity index (χ1n) is 9.91. The van der Waals surface area contributed by atoms with E-state index in [0.717, 1.165) is 18.4 Å². The second kappa shape index (κ2) is 9.73. The Morgan fingerprint density at radius 1 is 1.17 bits per heavy atom. The maximum Gasteiger partial charge on any atom is 0.240 e. The third-order valence-electron chi connectivity index (χ3n) is 5.29. The van der Waals surface area contributed by atoms with E-state index in [2.05, 4.69) is 4.72 Å². The lowest BCUT2D eigenvalue weighted by Gasteiger charge is -2.25. The molecule has 2 aromatic carbocycles. The van der Waals surface area contributed by atoms with Gasteiger partial charge >= 0.3 is 0 Å². The van der Waals surface area contributed by atoms with E-state index in [-0.39, 0.29) is 35.6 Å². The molecule has 0 spiro atoms. The number of nitrogens with one attached hydrogen (secondary N) is 1. The van der Waals surface area contributed by atoms with Crippen molar-refractivity contribution in [1.29, 1.82) is 0 Å². The second-order valence-corrected chi connectivity index (χ2v) is 9.58. The molecule has 0 saturated carbocycles. The van der Waals surface area contributed by atoms with E-state index in [4.69, 9.17) is 11.6 Å². The number of amides is 1. The predicted octanol–water partition coefficient (Wildman–Crippen LogP) is 3.44. The molecule has 30 heavy (non-hydrogen) atoms. The quantitative estimate of drug-likeness (QED) is 0.627. The lowest BCUT2D eigenvalue weighted by molar-refractivity contribution is -0.131. The lowest BCUT2D eigenvalue weighted by atomic mass is 10.0. The first-order chi connectivity index (χ1) is 14.3. The molecule has 1 N–H and O–H groups in total. The highest BCUT2D eigenvalue weighted by Crippen LogP contribution is 2.25. The van der Waals surface area contributed by atoms with Crippen molar-refractivity contribution in [1.82, 2.24) is 9.62 Å². The van der Waals surface area contributed by atoms with Crippen LogP contribution in [0.25, 0.3) is 0 Å². The van der Waals surface area contributed by atoms with Gasteiger partial charge in [-0.15, -0.1) is 0 Å². The Hall–Kier alpha value is -2.22. The Balaban J connectivity index is 1.57. The average molecular weight is 449 g/mol. The van der Waals surface area contributed by atoms with Crippen LogP contribution < -0.4 is 4.72 Å². The number of nitrogens with zero attached hydrogens (tertiary/aromatic N) is 1. The van der Waals surface area contributed by atoms with Crippen LogP contribution in [0.1, 0.15) is 42.1 Å². The highest BCUT2D eigenvalue weighted by atomic mass is 35.5. The molecule has 0 aliphatic carbocycles. The Morgan fingerprint density at radius 2 is 1.93 bits per heavy atom. The van der Waals surface area contributed by atoms with Crippen LogP contribution in [0.4, 0.5) is 0 Å². The van der Waals surface area contributed by atoms with Gasteiger partial charge < -0.3 is 4.90 Å². The Morgan fingerprint density at radius 3 is 2.67 bits per heavy atom. The van der Waals surface area contributed by atoms with Gasteiger partial charge in [0, 0.05) is 36.1 Å². The highest BCUT2D eigenvalue weighted by Gasteiger charge is 2.29. The Labute approximate surface area is 182 Å². The first kappa shape index (κ1) is 22.5. The van der Waals surface area contributed by atoms with Crippen molar-refractivity contribution in [2.45, 2.75) is 43.5 Å². The first-order valence-corrected chi connectivity index (χ1v) is 11.8. The van der Waals surface area contributed by atoms with E-state index in [1.165, 1.54) is 25.1 Å². The molecular formula is C22H25ClN2O4S. The molecule has 8 heteroatoms. The minimum atomic E-state index is -3.79. The van der Waals surface area contributed by atoms with E-state index in [1.807, 2.05) is 29.2 Å². The van der Waals surface area contributed by atoms with Crippen molar-refractivity contribution in [3.05, 3.63) is 64.7 Å². The highest BCUT2D eigenvalue weighted by molar-refractivity contribution is 7.89. The summed E-state index contributed by atoms with van der Waals surface area (Å²) in [4.78, 5) is 26.0. The number of rotatable bonds is 8. The molecule has 0 aromatic heterocycles. The topological polar surface area (TPSA) is 83.5 Å². The zero-order chi connectivity index (χ0) is 21.7. The van der Waals surface area contributed by atoms with Crippen molar-refractivity contribution in [2.75, 3.05) is 13.1 Å². The average Bonchev–Trinajstić information content (AvgIpc) is 3.18. The number of Topliss-reactive ketones (excluding diaryl/α,β-unsaturated/α-hetero) is 1. The van der Waals surface area contributed by atoms with Crippen LogP contribution in [0.15, 0.2) is 53.4 Å². The maximum absolute atomic E-state index is 12.7. The van der Waals surface area contributed by atoms with Gasteiger partial charge in [0.2, 0.25) is 15.9 Å². The van der Waals surface area contributed by atoms with Gasteiger partial charge in [0.05, 0.1) is 4.90 Å². The van der Waals surface area contributed by atoms with Crippen molar-refractivity contribution in [3.8, 4) is 0 Å². The molecule has 1 amide bonds. The summed E-state index contributed by atoms with van der Waals surface area (Å²) in [5.41, 5.74) is 1.34. The molecule has 1 unspecified atom stereocenters. The summed E-state index contributed by atoms with van der Waals surface area (Å²) in [7, 11) is -3.79. The van der Waals surface area contributed by atoms with Gasteiger partial charge in [0.25, 0.3) is 0 Å². The monoisotopic (exact) mass is 448 g/mol. The number of carbonyl (C=O) groups excluding carboxylic acids is 2. The normalized spacial score (nSPS) is 16.6. The second-order valence-electron chi connectivity index (χ2n) is 7.41. The fourth-order valence-electron chi connectivity index (χ4n) is 3.70. The van der Waals surface area contributed by atoms with Crippen LogP contribution >= 0.6 is 11.6 Å². The van der Waals surface area contributed by atoms with E-state index < -0.39 is 10.0 Å². The summed E-state index contributed by atoms with van der Waals surface area (Å²) >= 11 is 6.25. The summed E-state index contributed by atoms with van der Waals surface area (Å²) in [5.74, 6) is -0.287. The largest absolute Gasteiger partial charge is 0.339 e. The summed E-state index contributed by atoms with van der Waals surface area (Å²) in [6.07, 6.45) is 2.59. The molecule has 1 fully saturated rings. The lowest BCUT2D eigenvalue weighted by Crippen LogP contribution is -2.38. The van der Waals surface area contributed by atoms with Gasteiger partial charge in [-0.05, 0) is 49.9 Å². The predicted molar refractivity (Wildman–Crippen MR) is 116 cm³/mol. The van der Waals surface area contributed by atoms with Crippen LogP contribution in [0, 0.1) is 0 Å². The molecular weight excluding hydrogens is 424 g/mol. The van der Waals surface area contributed by atoms with E-state index in [0.29, 0.717) is 23.6 Å². The number of likely N-dealkylation sites (tertiary alicyclic amines) is 1. The number of benzene rings is 2. The number of halogens is 1. The van der Waals surface area contributed by atoms with Crippen LogP contribution in [0.3, 0.4) is 0 Å².